The van der Waals surface area contributed by atoms with Crippen molar-refractivity contribution in [3.8, 4) is 0 Å². The lowest BCUT2D eigenvalue weighted by atomic mass is 9.71. The van der Waals surface area contributed by atoms with Gasteiger partial charge in [0.2, 0.25) is 7.11 Å². The molecule has 3 nitrogen and oxygen atoms in total. The molecule has 1 unspecified atom stereocenters. The van der Waals surface area contributed by atoms with Crippen LogP contribution in [0.2, 0.25) is 5.82 Å². The summed E-state index contributed by atoms with van der Waals surface area (Å²) in [5, 5.41) is 0. The summed E-state index contributed by atoms with van der Waals surface area (Å²) in [5.41, 5.74) is -0.455. The Morgan fingerprint density at radius 3 is 2.12 bits per heavy atom. The molecular weight excluding hydrogens is 203 g/mol. The molecule has 1 rings (SSSR count). The van der Waals surface area contributed by atoms with Gasteiger partial charge in [-0.2, -0.15) is 4.74 Å². The number of ether oxygens (including phenoxy) is 1. The van der Waals surface area contributed by atoms with E-state index in [0.29, 0.717) is 12.4 Å². The highest BCUT2D eigenvalue weighted by molar-refractivity contribution is 6.47. The van der Waals surface area contributed by atoms with Gasteiger partial charge in [-0.3, -0.25) is 0 Å². The summed E-state index contributed by atoms with van der Waals surface area (Å²) in [6, 6.07) is 0. The molecule has 1 heterocycles. The van der Waals surface area contributed by atoms with Crippen molar-refractivity contribution in [2.24, 2.45) is 0 Å². The Morgan fingerprint density at radius 1 is 1.19 bits per heavy atom. The molecule has 0 aromatic carbocycles. The summed E-state index contributed by atoms with van der Waals surface area (Å²) in [5.74, 6) is 0.385. The van der Waals surface area contributed by atoms with E-state index in [0.717, 1.165) is 12.8 Å². The van der Waals surface area contributed by atoms with Crippen molar-refractivity contribution in [2.75, 3.05) is 6.61 Å². The highest BCUT2D eigenvalue weighted by Crippen LogP contribution is 2.40. The number of hydrogen-bond donors (Lipinski definition) is 0. The van der Waals surface area contributed by atoms with E-state index < -0.39 is 0 Å². The van der Waals surface area contributed by atoms with Crippen LogP contribution in [-0.4, -0.2) is 24.9 Å². The molecule has 0 amide bonds. The van der Waals surface area contributed by atoms with Crippen molar-refractivity contribution in [1.82, 2.24) is 0 Å². The van der Waals surface area contributed by atoms with Gasteiger partial charge in [0.15, 0.2) is 0 Å². The SMILES string of the molecule is [CH2+]OCCCC(C)B1OC(C)(C)C(C)(C)O1. The van der Waals surface area contributed by atoms with Crippen LogP contribution >= 0.6 is 0 Å². The van der Waals surface area contributed by atoms with Crippen LogP contribution in [0.25, 0.3) is 0 Å². The maximum Gasteiger partial charge on any atom is 0.460 e. The molecule has 0 spiro atoms. The molecule has 0 bridgehead atoms. The van der Waals surface area contributed by atoms with Gasteiger partial charge in [-0.1, -0.05) is 6.92 Å². The smallest absolute Gasteiger partial charge is 0.403 e. The maximum atomic E-state index is 5.98. The van der Waals surface area contributed by atoms with Crippen molar-refractivity contribution >= 4 is 7.12 Å². The zero-order valence-electron chi connectivity index (χ0n) is 11.2. The minimum atomic E-state index is -0.227. The molecule has 1 saturated heterocycles. The second-order valence-corrected chi connectivity index (χ2v) is 5.65. The van der Waals surface area contributed by atoms with Crippen molar-refractivity contribution in [2.45, 2.75) is 64.5 Å². The Kier molecular flexibility index (Phi) is 4.32. The van der Waals surface area contributed by atoms with Crippen LogP contribution in [0, 0.1) is 7.11 Å². The normalized spacial score (nSPS) is 24.7. The van der Waals surface area contributed by atoms with Crippen LogP contribution in [0.3, 0.4) is 0 Å². The molecule has 16 heavy (non-hydrogen) atoms. The van der Waals surface area contributed by atoms with Crippen molar-refractivity contribution in [1.29, 1.82) is 0 Å². The van der Waals surface area contributed by atoms with Crippen LogP contribution in [0.1, 0.15) is 47.5 Å². The topological polar surface area (TPSA) is 27.7 Å². The molecule has 1 aliphatic rings. The van der Waals surface area contributed by atoms with E-state index in [1.54, 1.807) is 0 Å². The summed E-state index contributed by atoms with van der Waals surface area (Å²) >= 11 is 0. The molecule has 92 valence electrons. The third-order valence-electron chi connectivity index (χ3n) is 3.68. The average molecular weight is 227 g/mol. The van der Waals surface area contributed by atoms with E-state index in [2.05, 4.69) is 41.7 Å². The van der Waals surface area contributed by atoms with Gasteiger partial charge in [-0.05, 0) is 46.4 Å². The Labute approximate surface area is 100.0 Å². The van der Waals surface area contributed by atoms with E-state index in [4.69, 9.17) is 14.0 Å². The number of hydrogen-bond acceptors (Lipinski definition) is 3. The number of rotatable bonds is 5. The molecule has 4 heteroatoms. The lowest BCUT2D eigenvalue weighted by Crippen LogP contribution is -2.41. The van der Waals surface area contributed by atoms with E-state index in [1.165, 1.54) is 0 Å². The van der Waals surface area contributed by atoms with Gasteiger partial charge in [-0.15, -0.1) is 0 Å². The zero-order chi connectivity index (χ0) is 12.4. The summed E-state index contributed by atoms with van der Waals surface area (Å²) in [4.78, 5) is 0. The molecule has 1 atom stereocenters. The highest BCUT2D eigenvalue weighted by Gasteiger charge is 2.52. The minimum absolute atomic E-state index is 0.102. The lowest BCUT2D eigenvalue weighted by Gasteiger charge is -2.32. The lowest BCUT2D eigenvalue weighted by molar-refractivity contribution is 0.00578. The second-order valence-electron chi connectivity index (χ2n) is 5.65. The molecule has 0 aromatic heterocycles. The standard InChI is InChI=1S/C12H24BO3/c1-10(8-7-9-14-6)13-15-11(2,3)12(4,5)16-13/h10H,6-9H2,1-5H3/q+1. The van der Waals surface area contributed by atoms with Gasteiger partial charge in [-0.25, -0.2) is 0 Å². The van der Waals surface area contributed by atoms with Crippen LogP contribution in [-0.2, 0) is 14.0 Å². The second kappa shape index (κ2) is 4.99. The van der Waals surface area contributed by atoms with Crippen molar-refractivity contribution in [3.63, 3.8) is 0 Å². The molecular formula is C12H24BO3+. The molecule has 0 aromatic rings. The maximum absolute atomic E-state index is 5.98. The van der Waals surface area contributed by atoms with Gasteiger partial charge in [0.25, 0.3) is 0 Å². The predicted octanol–water partition coefficient (Wildman–Crippen LogP) is 3.06. The van der Waals surface area contributed by atoms with E-state index >= 15 is 0 Å². The third-order valence-corrected chi connectivity index (χ3v) is 3.68. The first kappa shape index (κ1) is 13.9. The zero-order valence-corrected chi connectivity index (χ0v) is 11.2. The summed E-state index contributed by atoms with van der Waals surface area (Å²) in [6.07, 6.45) is 2.03. The first-order valence-corrected chi connectivity index (χ1v) is 6.03. The van der Waals surface area contributed by atoms with Crippen molar-refractivity contribution in [3.05, 3.63) is 7.11 Å². The van der Waals surface area contributed by atoms with Crippen LogP contribution in [0.15, 0.2) is 0 Å². The van der Waals surface area contributed by atoms with Crippen LogP contribution in [0.4, 0.5) is 0 Å². The van der Waals surface area contributed by atoms with Gasteiger partial charge in [0.05, 0.1) is 17.8 Å². The Hall–Kier alpha value is -0.185. The van der Waals surface area contributed by atoms with E-state index in [1.807, 2.05) is 0 Å². The van der Waals surface area contributed by atoms with Gasteiger partial charge in [0.1, 0.15) is 0 Å². The summed E-state index contributed by atoms with van der Waals surface area (Å²) in [7, 11) is 3.26. The monoisotopic (exact) mass is 227 g/mol. The van der Waals surface area contributed by atoms with Crippen LogP contribution in [0.5, 0.6) is 0 Å². The molecule has 0 radical (unpaired) electrons. The van der Waals surface area contributed by atoms with Crippen LogP contribution < -0.4 is 0 Å². The predicted molar refractivity (Wildman–Crippen MR) is 66.0 cm³/mol. The first-order valence-electron chi connectivity index (χ1n) is 6.03. The average Bonchev–Trinajstić information content (AvgIpc) is 2.36. The van der Waals surface area contributed by atoms with Crippen molar-refractivity contribution < 1.29 is 14.0 Å². The van der Waals surface area contributed by atoms with Gasteiger partial charge < -0.3 is 9.31 Å². The quantitative estimate of drug-likeness (QED) is 0.410. The highest BCUT2D eigenvalue weighted by atomic mass is 16.7. The fourth-order valence-electron chi connectivity index (χ4n) is 1.76. The molecule has 1 aliphatic heterocycles. The Morgan fingerprint density at radius 2 is 1.69 bits per heavy atom. The minimum Gasteiger partial charge on any atom is -0.403 e. The van der Waals surface area contributed by atoms with E-state index in [9.17, 15) is 0 Å². The molecule has 1 fully saturated rings. The first-order chi connectivity index (χ1) is 7.30. The molecule has 0 aliphatic carbocycles. The Bertz CT molecular complexity index is 212. The van der Waals surface area contributed by atoms with Gasteiger partial charge in [0, 0.05) is 0 Å². The Balaban J connectivity index is 2.46. The summed E-state index contributed by atoms with van der Waals surface area (Å²) < 4.78 is 16.8. The summed E-state index contributed by atoms with van der Waals surface area (Å²) in [6.45, 7) is 11.2. The third kappa shape index (κ3) is 2.93. The molecule has 0 N–H and O–H groups in total. The largest absolute Gasteiger partial charge is 0.460 e. The fraction of sp³-hybridized carbons (Fsp3) is 0.917. The van der Waals surface area contributed by atoms with E-state index in [-0.39, 0.29) is 18.3 Å². The van der Waals surface area contributed by atoms with Gasteiger partial charge >= 0.3 is 7.12 Å². The fourth-order valence-corrected chi connectivity index (χ4v) is 1.76. The molecule has 0 saturated carbocycles.